The molecule has 2 aromatic rings. The van der Waals surface area contributed by atoms with Crippen molar-refractivity contribution in [3.8, 4) is 5.82 Å². The van der Waals surface area contributed by atoms with Gasteiger partial charge in [0.2, 0.25) is 0 Å². The molecule has 5 nitrogen and oxygen atoms in total. The van der Waals surface area contributed by atoms with Gasteiger partial charge in [0.25, 0.3) is 0 Å². The number of hydrogen-bond donors (Lipinski definition) is 0. The van der Waals surface area contributed by atoms with Crippen molar-refractivity contribution >= 4 is 5.97 Å². The Kier molecular flexibility index (Phi) is 2.95. The molecule has 0 radical (unpaired) electrons. The molecule has 82 valence electrons. The van der Waals surface area contributed by atoms with Crippen LogP contribution in [0.3, 0.4) is 0 Å². The number of nitrogens with zero attached hydrogens (tertiary/aromatic N) is 3. The van der Waals surface area contributed by atoms with Gasteiger partial charge in [0.15, 0.2) is 5.82 Å². The monoisotopic (exact) mass is 217 g/mol. The summed E-state index contributed by atoms with van der Waals surface area (Å²) < 4.78 is 6.48. The van der Waals surface area contributed by atoms with Crippen LogP contribution in [0.25, 0.3) is 5.82 Å². The molecule has 0 bridgehead atoms. The number of rotatable bonds is 3. The molecule has 2 aromatic heterocycles. The largest absolute Gasteiger partial charge is 0.462 e. The molecule has 2 rings (SSSR count). The van der Waals surface area contributed by atoms with E-state index in [2.05, 4.69) is 10.1 Å². The zero-order valence-electron chi connectivity index (χ0n) is 8.83. The maximum absolute atomic E-state index is 11.7. The van der Waals surface area contributed by atoms with E-state index < -0.39 is 0 Å². The van der Waals surface area contributed by atoms with E-state index in [4.69, 9.17) is 4.74 Å². The Bertz CT molecular complexity index is 480. The summed E-state index contributed by atoms with van der Waals surface area (Å²) in [5.74, 6) is 0.0899. The minimum atomic E-state index is -0.388. The Balaban J connectivity index is 2.42. The van der Waals surface area contributed by atoms with Crippen LogP contribution >= 0.6 is 0 Å². The molecule has 0 spiro atoms. The topological polar surface area (TPSA) is 57.0 Å². The third-order valence-corrected chi connectivity index (χ3v) is 2.00. The zero-order valence-corrected chi connectivity index (χ0v) is 8.83. The molecule has 0 amide bonds. The van der Waals surface area contributed by atoms with E-state index in [0.29, 0.717) is 18.0 Å². The highest BCUT2D eigenvalue weighted by molar-refractivity contribution is 5.92. The van der Waals surface area contributed by atoms with Gasteiger partial charge in [0.05, 0.1) is 6.61 Å². The molecule has 0 fully saturated rings. The maximum atomic E-state index is 11.7. The van der Waals surface area contributed by atoms with Crippen LogP contribution in [0, 0.1) is 0 Å². The molecule has 0 aliphatic heterocycles. The molecule has 0 aliphatic carbocycles. The first-order valence-electron chi connectivity index (χ1n) is 4.95. The summed E-state index contributed by atoms with van der Waals surface area (Å²) in [5.41, 5.74) is 0.410. The third-order valence-electron chi connectivity index (χ3n) is 2.00. The second-order valence-corrected chi connectivity index (χ2v) is 3.05. The van der Waals surface area contributed by atoms with E-state index >= 15 is 0 Å². The molecular weight excluding hydrogens is 206 g/mol. The molecule has 16 heavy (non-hydrogen) atoms. The summed E-state index contributed by atoms with van der Waals surface area (Å²) in [6.07, 6.45) is 4.97. The average molecular weight is 217 g/mol. The van der Waals surface area contributed by atoms with Crippen molar-refractivity contribution in [2.45, 2.75) is 6.92 Å². The van der Waals surface area contributed by atoms with Gasteiger partial charge in [-0.05, 0) is 25.1 Å². The fraction of sp³-hybridized carbons (Fsp3) is 0.182. The minimum absolute atomic E-state index is 0.340. The summed E-state index contributed by atoms with van der Waals surface area (Å²) in [5, 5.41) is 4.04. The number of pyridine rings is 1. The fourth-order valence-corrected chi connectivity index (χ4v) is 1.34. The molecular formula is C11H11N3O2. The van der Waals surface area contributed by atoms with E-state index in [1.54, 1.807) is 43.7 Å². The van der Waals surface area contributed by atoms with Gasteiger partial charge >= 0.3 is 5.97 Å². The van der Waals surface area contributed by atoms with E-state index in [9.17, 15) is 4.79 Å². The Hall–Kier alpha value is -2.17. The number of hydrogen-bond acceptors (Lipinski definition) is 4. The predicted molar refractivity (Wildman–Crippen MR) is 57.3 cm³/mol. The van der Waals surface area contributed by atoms with Crippen LogP contribution in [0.4, 0.5) is 0 Å². The quantitative estimate of drug-likeness (QED) is 0.730. The predicted octanol–water partition coefficient (Wildman–Crippen LogP) is 1.44. The smallest absolute Gasteiger partial charge is 0.341 e. The van der Waals surface area contributed by atoms with Gasteiger partial charge in [-0.25, -0.2) is 14.5 Å². The molecule has 0 N–H and O–H groups in total. The summed E-state index contributed by atoms with van der Waals surface area (Å²) in [4.78, 5) is 15.8. The number of esters is 1. The van der Waals surface area contributed by atoms with Crippen molar-refractivity contribution in [2.24, 2.45) is 0 Å². The van der Waals surface area contributed by atoms with Crippen molar-refractivity contribution in [1.82, 2.24) is 14.8 Å². The van der Waals surface area contributed by atoms with Crippen molar-refractivity contribution in [2.75, 3.05) is 6.61 Å². The minimum Gasteiger partial charge on any atom is -0.462 e. The van der Waals surface area contributed by atoms with Gasteiger partial charge in [-0.3, -0.25) is 0 Å². The molecule has 2 heterocycles. The number of aromatic nitrogens is 3. The van der Waals surface area contributed by atoms with Crippen LogP contribution in [-0.2, 0) is 4.74 Å². The lowest BCUT2D eigenvalue weighted by Crippen LogP contribution is -2.11. The van der Waals surface area contributed by atoms with Crippen molar-refractivity contribution in [3.63, 3.8) is 0 Å². The SMILES string of the molecule is CCOC(=O)c1cccnc1-n1cccn1. The highest BCUT2D eigenvalue weighted by atomic mass is 16.5. The maximum Gasteiger partial charge on any atom is 0.341 e. The van der Waals surface area contributed by atoms with E-state index in [0.717, 1.165) is 0 Å². The van der Waals surface area contributed by atoms with Crippen LogP contribution < -0.4 is 0 Å². The van der Waals surface area contributed by atoms with Gasteiger partial charge in [-0.15, -0.1) is 0 Å². The van der Waals surface area contributed by atoms with Crippen molar-refractivity contribution < 1.29 is 9.53 Å². The first-order valence-corrected chi connectivity index (χ1v) is 4.95. The van der Waals surface area contributed by atoms with E-state index in [1.165, 1.54) is 4.68 Å². The number of ether oxygens (including phenoxy) is 1. The summed E-state index contributed by atoms with van der Waals surface area (Å²) in [6.45, 7) is 2.11. The van der Waals surface area contributed by atoms with E-state index in [1.807, 2.05) is 0 Å². The van der Waals surface area contributed by atoms with E-state index in [-0.39, 0.29) is 5.97 Å². The lowest BCUT2D eigenvalue weighted by Gasteiger charge is -2.06. The van der Waals surface area contributed by atoms with Gasteiger partial charge in [0.1, 0.15) is 5.56 Å². The summed E-state index contributed by atoms with van der Waals surface area (Å²) >= 11 is 0. The molecule has 0 aliphatic rings. The highest BCUT2D eigenvalue weighted by Crippen LogP contribution is 2.11. The number of carbonyl (C=O) groups is 1. The molecule has 0 unspecified atom stereocenters. The van der Waals surface area contributed by atoms with Crippen LogP contribution in [-0.4, -0.2) is 27.3 Å². The lowest BCUT2D eigenvalue weighted by molar-refractivity contribution is 0.0525. The van der Waals surface area contributed by atoms with Crippen LogP contribution in [0.1, 0.15) is 17.3 Å². The first-order chi connectivity index (χ1) is 7.83. The highest BCUT2D eigenvalue weighted by Gasteiger charge is 2.14. The number of carbonyl (C=O) groups excluding carboxylic acids is 1. The van der Waals surface area contributed by atoms with Crippen molar-refractivity contribution in [3.05, 3.63) is 42.4 Å². The van der Waals surface area contributed by atoms with Gasteiger partial charge < -0.3 is 4.74 Å². The van der Waals surface area contributed by atoms with Crippen LogP contribution in [0.15, 0.2) is 36.8 Å². The molecule has 0 atom stereocenters. The molecule has 5 heteroatoms. The lowest BCUT2D eigenvalue weighted by atomic mass is 10.2. The first kappa shape index (κ1) is 10.4. The van der Waals surface area contributed by atoms with Gasteiger partial charge in [0, 0.05) is 18.6 Å². The normalized spacial score (nSPS) is 10.1. The second-order valence-electron chi connectivity index (χ2n) is 3.05. The van der Waals surface area contributed by atoms with Crippen LogP contribution in [0.2, 0.25) is 0 Å². The van der Waals surface area contributed by atoms with Gasteiger partial charge in [-0.1, -0.05) is 0 Å². The van der Waals surface area contributed by atoms with Gasteiger partial charge in [-0.2, -0.15) is 5.10 Å². The Labute approximate surface area is 92.7 Å². The summed E-state index contributed by atoms with van der Waals surface area (Å²) in [6, 6.07) is 5.13. The Morgan fingerprint density at radius 3 is 3.00 bits per heavy atom. The zero-order chi connectivity index (χ0) is 11.4. The average Bonchev–Trinajstić information content (AvgIpc) is 2.83. The van der Waals surface area contributed by atoms with Crippen LogP contribution in [0.5, 0.6) is 0 Å². The molecule has 0 saturated carbocycles. The van der Waals surface area contributed by atoms with Crippen molar-refractivity contribution in [1.29, 1.82) is 0 Å². The molecule has 0 aromatic carbocycles. The Morgan fingerprint density at radius 1 is 1.44 bits per heavy atom. The molecule has 0 saturated heterocycles. The third kappa shape index (κ3) is 1.93. The Morgan fingerprint density at radius 2 is 2.31 bits per heavy atom. The summed E-state index contributed by atoms with van der Waals surface area (Å²) in [7, 11) is 0. The second kappa shape index (κ2) is 4.57. The standard InChI is InChI=1S/C11H11N3O2/c1-2-16-11(15)9-5-3-6-12-10(9)14-8-4-7-13-14/h3-8H,2H2,1H3. The fourth-order valence-electron chi connectivity index (χ4n) is 1.34.